The lowest BCUT2D eigenvalue weighted by Gasteiger charge is -2.24. The number of carbonyl (C=O) groups excluding carboxylic acids is 1. The third kappa shape index (κ3) is 6.73. The Morgan fingerprint density at radius 1 is 1.47 bits per heavy atom. The number of nitrogens with one attached hydrogen (secondary N) is 1. The van der Waals surface area contributed by atoms with Crippen molar-refractivity contribution in [3.8, 4) is 0 Å². The number of rotatable bonds is 8. The maximum Gasteiger partial charge on any atom is 0.234 e. The van der Waals surface area contributed by atoms with Crippen LogP contribution in [0.4, 0.5) is 0 Å². The van der Waals surface area contributed by atoms with E-state index in [1.54, 1.807) is 0 Å². The molecule has 0 bridgehead atoms. The molecule has 0 aromatic rings. The molecule has 19 heavy (non-hydrogen) atoms. The van der Waals surface area contributed by atoms with Crippen LogP contribution in [0.5, 0.6) is 0 Å². The van der Waals surface area contributed by atoms with Crippen LogP contribution in [0.2, 0.25) is 0 Å². The smallest absolute Gasteiger partial charge is 0.234 e. The fraction of sp³-hybridized carbons (Fsp3) is 0.800. The summed E-state index contributed by atoms with van der Waals surface area (Å²) in [6.07, 6.45) is 8.28. The summed E-state index contributed by atoms with van der Waals surface area (Å²) in [5, 5.41) is 11.9. The van der Waals surface area contributed by atoms with Crippen LogP contribution in [-0.2, 0) is 4.79 Å². The van der Waals surface area contributed by atoms with Gasteiger partial charge >= 0.3 is 0 Å². The number of allylic oxidation sites excluding steroid dienone is 1. The Balaban J connectivity index is 2.20. The molecule has 1 aliphatic carbocycles. The lowest BCUT2D eigenvalue weighted by atomic mass is 9.97. The molecule has 2 N–H and O–H groups in total. The van der Waals surface area contributed by atoms with Crippen LogP contribution >= 0.6 is 0 Å². The van der Waals surface area contributed by atoms with Gasteiger partial charge in [0, 0.05) is 19.1 Å². The average molecular weight is 268 g/mol. The summed E-state index contributed by atoms with van der Waals surface area (Å²) in [7, 11) is 0. The van der Waals surface area contributed by atoms with Crippen LogP contribution in [-0.4, -0.2) is 48.2 Å². The Morgan fingerprint density at radius 3 is 2.84 bits per heavy atom. The van der Waals surface area contributed by atoms with Gasteiger partial charge in [0.1, 0.15) is 0 Å². The van der Waals surface area contributed by atoms with Crippen molar-refractivity contribution in [1.29, 1.82) is 0 Å². The van der Waals surface area contributed by atoms with Crippen molar-refractivity contribution in [2.24, 2.45) is 0 Å². The maximum absolute atomic E-state index is 11.8. The fourth-order valence-electron chi connectivity index (χ4n) is 2.38. The summed E-state index contributed by atoms with van der Waals surface area (Å²) in [6.45, 7) is 5.83. The number of aliphatic hydroxyl groups is 1. The minimum Gasteiger partial charge on any atom is -0.395 e. The van der Waals surface area contributed by atoms with E-state index in [1.807, 2.05) is 18.7 Å². The molecule has 0 atom stereocenters. The van der Waals surface area contributed by atoms with Crippen molar-refractivity contribution < 1.29 is 9.90 Å². The summed E-state index contributed by atoms with van der Waals surface area (Å²) < 4.78 is 0. The predicted octanol–water partition coefficient (Wildman–Crippen LogP) is 1.70. The van der Waals surface area contributed by atoms with Gasteiger partial charge in [0.25, 0.3) is 0 Å². The summed E-state index contributed by atoms with van der Waals surface area (Å²) >= 11 is 0. The molecule has 4 nitrogen and oxygen atoms in total. The molecule has 0 aromatic carbocycles. The van der Waals surface area contributed by atoms with Gasteiger partial charge in [-0.1, -0.05) is 11.6 Å². The van der Waals surface area contributed by atoms with Crippen molar-refractivity contribution in [2.75, 3.05) is 26.2 Å². The van der Waals surface area contributed by atoms with Crippen LogP contribution in [0.3, 0.4) is 0 Å². The number of aliphatic hydroxyl groups excluding tert-OH is 1. The molecule has 0 radical (unpaired) electrons. The normalized spacial score (nSPS) is 15.7. The number of amides is 1. The molecule has 4 heteroatoms. The second kappa shape index (κ2) is 9.10. The second-order valence-electron chi connectivity index (χ2n) is 5.50. The summed E-state index contributed by atoms with van der Waals surface area (Å²) in [5.41, 5.74) is 1.49. The van der Waals surface area contributed by atoms with Gasteiger partial charge in [0.05, 0.1) is 13.2 Å². The molecular weight excluding hydrogens is 240 g/mol. The van der Waals surface area contributed by atoms with E-state index in [0.717, 1.165) is 13.0 Å². The molecule has 0 spiro atoms. The zero-order chi connectivity index (χ0) is 14.1. The van der Waals surface area contributed by atoms with E-state index in [9.17, 15) is 4.79 Å². The molecule has 1 aliphatic rings. The van der Waals surface area contributed by atoms with E-state index in [2.05, 4.69) is 11.4 Å². The molecule has 1 rings (SSSR count). The van der Waals surface area contributed by atoms with Crippen LogP contribution in [0.1, 0.15) is 46.0 Å². The minimum atomic E-state index is 0.0542. The van der Waals surface area contributed by atoms with Crippen molar-refractivity contribution >= 4 is 5.91 Å². The van der Waals surface area contributed by atoms with Gasteiger partial charge in [-0.15, -0.1) is 0 Å². The molecule has 0 aliphatic heterocycles. The Hall–Kier alpha value is -0.870. The fourth-order valence-corrected chi connectivity index (χ4v) is 2.38. The van der Waals surface area contributed by atoms with E-state index >= 15 is 0 Å². The maximum atomic E-state index is 11.8. The first kappa shape index (κ1) is 16.2. The van der Waals surface area contributed by atoms with Gasteiger partial charge in [-0.2, -0.15) is 0 Å². The van der Waals surface area contributed by atoms with Gasteiger partial charge in [0.15, 0.2) is 0 Å². The molecule has 0 saturated heterocycles. The lowest BCUT2D eigenvalue weighted by Crippen LogP contribution is -2.42. The highest BCUT2D eigenvalue weighted by molar-refractivity contribution is 5.78. The van der Waals surface area contributed by atoms with Gasteiger partial charge in [0.2, 0.25) is 5.91 Å². The van der Waals surface area contributed by atoms with Gasteiger partial charge in [-0.25, -0.2) is 0 Å². The molecule has 0 heterocycles. The van der Waals surface area contributed by atoms with Gasteiger partial charge in [-0.05, 0) is 46.0 Å². The minimum absolute atomic E-state index is 0.0542. The summed E-state index contributed by atoms with van der Waals surface area (Å²) in [6, 6.07) is 0.277. The highest BCUT2D eigenvalue weighted by Crippen LogP contribution is 2.19. The van der Waals surface area contributed by atoms with E-state index in [-0.39, 0.29) is 18.6 Å². The van der Waals surface area contributed by atoms with Crippen molar-refractivity contribution in [3.63, 3.8) is 0 Å². The van der Waals surface area contributed by atoms with Crippen LogP contribution in [0.15, 0.2) is 11.6 Å². The molecule has 0 saturated carbocycles. The molecule has 1 amide bonds. The zero-order valence-corrected chi connectivity index (χ0v) is 12.3. The number of carbonyl (C=O) groups is 1. The van der Waals surface area contributed by atoms with Gasteiger partial charge < -0.3 is 10.4 Å². The van der Waals surface area contributed by atoms with Crippen molar-refractivity contribution in [3.05, 3.63) is 11.6 Å². The molecular formula is C15H28N2O2. The zero-order valence-electron chi connectivity index (χ0n) is 12.3. The highest BCUT2D eigenvalue weighted by atomic mass is 16.3. The largest absolute Gasteiger partial charge is 0.395 e. The third-order valence-corrected chi connectivity index (χ3v) is 3.62. The highest BCUT2D eigenvalue weighted by Gasteiger charge is 2.13. The van der Waals surface area contributed by atoms with Crippen molar-refractivity contribution in [1.82, 2.24) is 10.2 Å². The van der Waals surface area contributed by atoms with Crippen LogP contribution in [0.25, 0.3) is 0 Å². The van der Waals surface area contributed by atoms with E-state index in [0.29, 0.717) is 13.1 Å². The first-order chi connectivity index (χ1) is 9.13. The topological polar surface area (TPSA) is 52.6 Å². The van der Waals surface area contributed by atoms with Crippen molar-refractivity contribution in [2.45, 2.75) is 52.0 Å². The number of hydrogen-bond acceptors (Lipinski definition) is 3. The van der Waals surface area contributed by atoms with Crippen LogP contribution < -0.4 is 5.32 Å². The first-order valence-electron chi connectivity index (χ1n) is 7.43. The standard InChI is InChI=1S/C15H28N2O2/c1-13(2)17(10-11-18)12-15(19)16-9-8-14-6-4-3-5-7-14/h6,13,18H,3-5,7-12H2,1-2H3,(H,16,19). The Morgan fingerprint density at radius 2 is 2.26 bits per heavy atom. The third-order valence-electron chi connectivity index (χ3n) is 3.62. The predicted molar refractivity (Wildman–Crippen MR) is 78.0 cm³/mol. The SMILES string of the molecule is CC(C)N(CCO)CC(=O)NCCC1=CCCCC1. The molecule has 0 fully saturated rings. The lowest BCUT2D eigenvalue weighted by molar-refractivity contribution is -0.122. The van der Waals surface area contributed by atoms with E-state index < -0.39 is 0 Å². The first-order valence-corrected chi connectivity index (χ1v) is 7.43. The Bertz CT molecular complexity index is 301. The van der Waals surface area contributed by atoms with E-state index in [4.69, 9.17) is 5.11 Å². The number of nitrogens with zero attached hydrogens (tertiary/aromatic N) is 1. The molecule has 0 aromatic heterocycles. The van der Waals surface area contributed by atoms with Crippen LogP contribution in [0, 0.1) is 0 Å². The Kier molecular flexibility index (Phi) is 7.75. The molecule has 110 valence electrons. The van der Waals surface area contributed by atoms with E-state index in [1.165, 1.54) is 31.3 Å². The second-order valence-corrected chi connectivity index (χ2v) is 5.50. The average Bonchev–Trinajstić information content (AvgIpc) is 2.39. The van der Waals surface area contributed by atoms with Gasteiger partial charge in [-0.3, -0.25) is 9.69 Å². The quantitative estimate of drug-likeness (QED) is 0.659. The summed E-state index contributed by atoms with van der Waals surface area (Å²) in [4.78, 5) is 13.8. The number of hydrogen-bond donors (Lipinski definition) is 2. The molecule has 0 unspecified atom stereocenters. The summed E-state index contributed by atoms with van der Waals surface area (Å²) in [5.74, 6) is 0.0542. The monoisotopic (exact) mass is 268 g/mol. The Labute approximate surface area is 116 Å².